The van der Waals surface area contributed by atoms with Gasteiger partial charge < -0.3 is 4.74 Å². The van der Waals surface area contributed by atoms with Crippen LogP contribution in [0.2, 0.25) is 0 Å². The highest BCUT2D eigenvalue weighted by Gasteiger charge is 2.21. The summed E-state index contributed by atoms with van der Waals surface area (Å²) < 4.78 is 28.0. The summed E-state index contributed by atoms with van der Waals surface area (Å²) in [6, 6.07) is 1.49. The lowest BCUT2D eigenvalue weighted by molar-refractivity contribution is 0.0491. The first-order valence-corrected chi connectivity index (χ1v) is 8.54. The topological polar surface area (TPSA) is 60.4 Å². The Balaban J connectivity index is 2.61. The lowest BCUT2D eigenvalue weighted by Crippen LogP contribution is -2.10. The number of carbonyl (C=O) groups excluding carboxylic acids is 1. The smallest absolute Gasteiger partial charge is 0.340 e. The molecule has 0 fully saturated rings. The van der Waals surface area contributed by atoms with Gasteiger partial charge in [-0.3, -0.25) is 0 Å². The molecule has 1 aromatic rings. The lowest BCUT2D eigenvalue weighted by atomic mass is 10.1. The highest BCUT2D eigenvalue weighted by molar-refractivity contribution is 7.92. The van der Waals surface area contributed by atoms with Crippen molar-refractivity contribution in [2.45, 2.75) is 30.9 Å². The van der Waals surface area contributed by atoms with Gasteiger partial charge in [0.1, 0.15) is 4.21 Å². The van der Waals surface area contributed by atoms with Gasteiger partial charge in [-0.2, -0.15) is 0 Å². The van der Waals surface area contributed by atoms with E-state index >= 15 is 0 Å². The number of hydrogen-bond donors (Lipinski definition) is 0. The molecule has 0 saturated carbocycles. The molecule has 0 saturated heterocycles. The van der Waals surface area contributed by atoms with Crippen LogP contribution in [0.25, 0.3) is 0 Å². The van der Waals surface area contributed by atoms with Crippen LogP contribution in [0.5, 0.6) is 0 Å². The quantitative estimate of drug-likeness (QED) is 0.597. The van der Waals surface area contributed by atoms with E-state index in [4.69, 9.17) is 4.74 Å². The largest absolute Gasteiger partial charge is 0.462 e. The van der Waals surface area contributed by atoms with Crippen LogP contribution >= 0.6 is 11.3 Å². The molecule has 0 N–H and O–H groups in total. The summed E-state index contributed by atoms with van der Waals surface area (Å²) >= 11 is 1.04. The fourth-order valence-corrected chi connectivity index (χ4v) is 3.49. The summed E-state index contributed by atoms with van der Waals surface area (Å²) in [4.78, 5) is 11.7. The summed E-state index contributed by atoms with van der Waals surface area (Å²) in [7, 11) is -3.36. The predicted octanol–water partition coefficient (Wildman–Crippen LogP) is 2.74. The molecule has 0 unspecified atom stereocenters. The molecular formula is C12H18O4S2. The van der Waals surface area contributed by atoms with Crippen molar-refractivity contribution < 1.29 is 17.9 Å². The average molecular weight is 290 g/mol. The Hall–Kier alpha value is -0.880. The van der Waals surface area contributed by atoms with Crippen molar-refractivity contribution in [1.29, 1.82) is 0 Å². The number of carbonyl (C=O) groups is 1. The molecule has 0 aliphatic heterocycles. The molecule has 0 amide bonds. The molecule has 1 rings (SSSR count). The Morgan fingerprint density at radius 3 is 2.67 bits per heavy atom. The van der Waals surface area contributed by atoms with Gasteiger partial charge in [0.2, 0.25) is 0 Å². The Bertz CT molecular complexity index is 500. The number of esters is 1. The Labute approximate surface area is 112 Å². The van der Waals surface area contributed by atoms with Gasteiger partial charge in [0.05, 0.1) is 12.2 Å². The third-order valence-corrected chi connectivity index (χ3v) is 5.14. The molecule has 0 atom stereocenters. The fourth-order valence-electron chi connectivity index (χ4n) is 1.47. The second-order valence-corrected chi connectivity index (χ2v) is 7.69. The number of ether oxygens (including phenoxy) is 1. The van der Waals surface area contributed by atoms with E-state index in [-0.39, 0.29) is 9.77 Å². The zero-order chi connectivity index (χ0) is 13.8. The van der Waals surface area contributed by atoms with Gasteiger partial charge in [-0.25, -0.2) is 13.2 Å². The second kappa shape index (κ2) is 6.33. The number of sulfone groups is 1. The number of thiophene rings is 1. The van der Waals surface area contributed by atoms with Crippen molar-refractivity contribution in [3.63, 3.8) is 0 Å². The summed E-state index contributed by atoms with van der Waals surface area (Å²) in [5, 5.41) is 1.58. The first-order chi connectivity index (χ1) is 8.32. The van der Waals surface area contributed by atoms with E-state index < -0.39 is 15.8 Å². The first kappa shape index (κ1) is 15.2. The Morgan fingerprint density at radius 2 is 2.11 bits per heavy atom. The van der Waals surface area contributed by atoms with Crippen LogP contribution in [0, 0.1) is 5.92 Å². The minimum Gasteiger partial charge on any atom is -0.462 e. The first-order valence-electron chi connectivity index (χ1n) is 5.77. The minimum absolute atomic E-state index is 0.0800. The highest BCUT2D eigenvalue weighted by atomic mass is 32.2. The molecule has 0 spiro atoms. The van der Waals surface area contributed by atoms with Crippen molar-refractivity contribution >= 4 is 27.1 Å². The van der Waals surface area contributed by atoms with Gasteiger partial charge in [0.25, 0.3) is 0 Å². The van der Waals surface area contributed by atoms with Gasteiger partial charge in [-0.15, -0.1) is 11.3 Å². The summed E-state index contributed by atoms with van der Waals surface area (Å²) in [5.74, 6) is 0.0110. The molecule has 0 aromatic carbocycles. The van der Waals surface area contributed by atoms with Crippen LogP contribution in [-0.2, 0) is 14.6 Å². The maximum Gasteiger partial charge on any atom is 0.340 e. The van der Waals surface area contributed by atoms with Gasteiger partial charge in [0, 0.05) is 6.26 Å². The van der Waals surface area contributed by atoms with Crippen LogP contribution in [-0.4, -0.2) is 27.2 Å². The molecule has 0 radical (unpaired) electrons. The molecule has 1 aromatic heterocycles. The molecule has 18 heavy (non-hydrogen) atoms. The molecule has 1 heterocycles. The summed E-state index contributed by atoms with van der Waals surface area (Å²) in [6.45, 7) is 4.53. The van der Waals surface area contributed by atoms with Gasteiger partial charge in [-0.05, 0) is 30.2 Å². The molecule has 0 bridgehead atoms. The average Bonchev–Trinajstić information content (AvgIpc) is 2.72. The van der Waals surface area contributed by atoms with E-state index in [1.165, 1.54) is 6.07 Å². The molecule has 0 aliphatic carbocycles. The fraction of sp³-hybridized carbons (Fsp3) is 0.583. The van der Waals surface area contributed by atoms with Gasteiger partial charge in [0.15, 0.2) is 9.84 Å². The van der Waals surface area contributed by atoms with Gasteiger partial charge in [-0.1, -0.05) is 13.8 Å². The van der Waals surface area contributed by atoms with Crippen LogP contribution in [0.15, 0.2) is 15.7 Å². The molecule has 102 valence electrons. The summed E-state index contributed by atoms with van der Waals surface area (Å²) in [6.07, 6.45) is 2.87. The molecule has 0 aliphatic rings. The van der Waals surface area contributed by atoms with E-state index in [2.05, 4.69) is 13.8 Å². The third kappa shape index (κ3) is 4.42. The van der Waals surface area contributed by atoms with Crippen molar-refractivity contribution in [2.24, 2.45) is 5.92 Å². The van der Waals surface area contributed by atoms with E-state index in [0.29, 0.717) is 12.5 Å². The van der Waals surface area contributed by atoms with Crippen LogP contribution in [0.1, 0.15) is 37.0 Å². The number of hydrogen-bond acceptors (Lipinski definition) is 5. The zero-order valence-corrected chi connectivity index (χ0v) is 12.4. The monoisotopic (exact) mass is 290 g/mol. The molecule has 4 nitrogen and oxygen atoms in total. The predicted molar refractivity (Wildman–Crippen MR) is 71.8 cm³/mol. The standard InChI is InChI=1S/C12H18O4S2/c1-9(2)5-4-7-16-11(13)10-6-8-17-12(10)18(3,14)15/h6,8-9H,4-5,7H2,1-3H3. The lowest BCUT2D eigenvalue weighted by Gasteiger charge is -2.06. The van der Waals surface area contributed by atoms with Crippen LogP contribution < -0.4 is 0 Å². The zero-order valence-electron chi connectivity index (χ0n) is 10.8. The van der Waals surface area contributed by atoms with Crippen LogP contribution in [0.3, 0.4) is 0 Å². The van der Waals surface area contributed by atoms with E-state index in [0.717, 1.165) is 30.4 Å². The Kier molecular flexibility index (Phi) is 5.34. The third-order valence-electron chi connectivity index (χ3n) is 2.35. The maximum absolute atomic E-state index is 11.7. The van der Waals surface area contributed by atoms with Crippen molar-refractivity contribution in [1.82, 2.24) is 0 Å². The second-order valence-electron chi connectivity index (χ2n) is 4.57. The normalized spacial score (nSPS) is 11.8. The minimum atomic E-state index is -3.36. The Morgan fingerprint density at radius 1 is 1.44 bits per heavy atom. The number of rotatable bonds is 6. The summed E-state index contributed by atoms with van der Waals surface area (Å²) in [5.41, 5.74) is 0.145. The maximum atomic E-state index is 11.7. The van der Waals surface area contributed by atoms with Crippen molar-refractivity contribution in [2.75, 3.05) is 12.9 Å². The van der Waals surface area contributed by atoms with Gasteiger partial charge >= 0.3 is 5.97 Å². The van der Waals surface area contributed by atoms with E-state index in [9.17, 15) is 13.2 Å². The molecule has 6 heteroatoms. The van der Waals surface area contributed by atoms with Crippen molar-refractivity contribution in [3.8, 4) is 0 Å². The molecular weight excluding hydrogens is 272 g/mol. The van der Waals surface area contributed by atoms with Crippen LogP contribution in [0.4, 0.5) is 0 Å². The van der Waals surface area contributed by atoms with E-state index in [1.54, 1.807) is 5.38 Å². The van der Waals surface area contributed by atoms with Crippen molar-refractivity contribution in [3.05, 3.63) is 17.0 Å². The highest BCUT2D eigenvalue weighted by Crippen LogP contribution is 2.23. The SMILES string of the molecule is CC(C)CCCOC(=O)c1ccsc1S(C)(=O)=O. The van der Waals surface area contributed by atoms with E-state index in [1.807, 2.05) is 0 Å².